The highest BCUT2D eigenvalue weighted by Gasteiger charge is 2.35. The fraction of sp³-hybridized carbons (Fsp3) is 1.00. The van der Waals surface area contributed by atoms with E-state index in [9.17, 15) is 5.11 Å². The molecule has 2 nitrogen and oxygen atoms in total. The highest BCUT2D eigenvalue weighted by molar-refractivity contribution is 4.89. The fourth-order valence-electron chi connectivity index (χ4n) is 3.32. The third-order valence-corrected chi connectivity index (χ3v) is 4.31. The molecule has 0 aromatic carbocycles. The first kappa shape index (κ1) is 11.4. The Bertz CT molecular complexity index is 191. The summed E-state index contributed by atoms with van der Waals surface area (Å²) in [4.78, 5) is 0. The van der Waals surface area contributed by atoms with Crippen molar-refractivity contribution in [2.75, 3.05) is 6.54 Å². The maximum atomic E-state index is 10.6. The van der Waals surface area contributed by atoms with Gasteiger partial charge in [0, 0.05) is 6.04 Å². The van der Waals surface area contributed by atoms with Gasteiger partial charge in [-0.3, -0.25) is 0 Å². The summed E-state index contributed by atoms with van der Waals surface area (Å²) in [6.45, 7) is 3.20. The van der Waals surface area contributed by atoms with Crippen LogP contribution in [0.25, 0.3) is 0 Å². The van der Waals surface area contributed by atoms with Gasteiger partial charge in [-0.1, -0.05) is 19.3 Å². The molecule has 2 N–H and O–H groups in total. The zero-order valence-corrected chi connectivity index (χ0v) is 9.97. The number of hydrogen-bond acceptors (Lipinski definition) is 2. The summed E-state index contributed by atoms with van der Waals surface area (Å²) < 4.78 is 0. The normalized spacial score (nSPS) is 32.8. The van der Waals surface area contributed by atoms with Gasteiger partial charge in [-0.25, -0.2) is 0 Å². The van der Waals surface area contributed by atoms with E-state index in [1.54, 1.807) is 0 Å². The molecular weight excluding hydrogens is 186 g/mol. The molecule has 1 saturated carbocycles. The summed E-state index contributed by atoms with van der Waals surface area (Å²) in [5.41, 5.74) is -0.428. The van der Waals surface area contributed by atoms with E-state index < -0.39 is 5.60 Å². The number of rotatable bonds is 3. The molecule has 0 radical (unpaired) electrons. The Morgan fingerprint density at radius 3 is 2.47 bits per heavy atom. The van der Waals surface area contributed by atoms with Crippen molar-refractivity contribution >= 4 is 0 Å². The molecule has 1 aliphatic heterocycles. The molecule has 0 amide bonds. The van der Waals surface area contributed by atoms with Gasteiger partial charge in [0.25, 0.3) is 0 Å². The zero-order chi connectivity index (χ0) is 10.7. The van der Waals surface area contributed by atoms with Crippen LogP contribution in [0.5, 0.6) is 0 Å². The Balaban J connectivity index is 1.86. The zero-order valence-electron chi connectivity index (χ0n) is 9.97. The van der Waals surface area contributed by atoms with Crippen LogP contribution >= 0.6 is 0 Å². The molecule has 2 atom stereocenters. The molecule has 88 valence electrons. The molecule has 15 heavy (non-hydrogen) atoms. The quantitative estimate of drug-likeness (QED) is 0.751. The Morgan fingerprint density at radius 1 is 1.13 bits per heavy atom. The van der Waals surface area contributed by atoms with Gasteiger partial charge < -0.3 is 10.4 Å². The molecule has 2 rings (SSSR count). The largest absolute Gasteiger partial charge is 0.390 e. The molecule has 2 fully saturated rings. The summed E-state index contributed by atoms with van der Waals surface area (Å²) in [5.74, 6) is 0.550. The minimum Gasteiger partial charge on any atom is -0.390 e. The van der Waals surface area contributed by atoms with Gasteiger partial charge in [-0.05, 0) is 51.5 Å². The third kappa shape index (κ3) is 2.94. The maximum absolute atomic E-state index is 10.6. The van der Waals surface area contributed by atoms with E-state index in [1.807, 2.05) is 0 Å². The second-order valence-electron chi connectivity index (χ2n) is 5.69. The first-order valence-electron chi connectivity index (χ1n) is 6.64. The monoisotopic (exact) mass is 211 g/mol. The van der Waals surface area contributed by atoms with Crippen molar-refractivity contribution in [3.8, 4) is 0 Å². The van der Waals surface area contributed by atoms with Crippen LogP contribution in [-0.4, -0.2) is 23.3 Å². The molecule has 1 heterocycles. The standard InChI is InChI=1S/C13H25NO/c1-13(15,10-12-8-5-9-14-12)11-6-3-2-4-7-11/h11-12,14-15H,2-10H2,1H3. The molecule has 1 aliphatic carbocycles. The van der Waals surface area contributed by atoms with Gasteiger partial charge in [0.2, 0.25) is 0 Å². The number of aliphatic hydroxyl groups is 1. The van der Waals surface area contributed by atoms with Crippen molar-refractivity contribution in [1.29, 1.82) is 0 Å². The summed E-state index contributed by atoms with van der Waals surface area (Å²) in [6, 6.07) is 0.571. The van der Waals surface area contributed by atoms with Crippen LogP contribution in [0.4, 0.5) is 0 Å². The minimum absolute atomic E-state index is 0.428. The summed E-state index contributed by atoms with van der Waals surface area (Å²) in [7, 11) is 0. The van der Waals surface area contributed by atoms with Crippen LogP contribution in [0.3, 0.4) is 0 Å². The first-order chi connectivity index (χ1) is 7.18. The Kier molecular flexibility index (Phi) is 3.68. The SMILES string of the molecule is CC(O)(CC1CCCN1)C1CCCCC1. The predicted molar refractivity (Wildman–Crippen MR) is 62.8 cm³/mol. The Morgan fingerprint density at radius 2 is 1.87 bits per heavy atom. The number of hydrogen-bond donors (Lipinski definition) is 2. The lowest BCUT2D eigenvalue weighted by atomic mass is 9.75. The smallest absolute Gasteiger partial charge is 0.0662 e. The first-order valence-corrected chi connectivity index (χ1v) is 6.64. The van der Waals surface area contributed by atoms with Gasteiger partial charge >= 0.3 is 0 Å². The Hall–Kier alpha value is -0.0800. The molecule has 0 spiro atoms. The average Bonchev–Trinajstić information content (AvgIpc) is 2.71. The van der Waals surface area contributed by atoms with E-state index in [0.29, 0.717) is 12.0 Å². The molecule has 2 aliphatic rings. The number of nitrogens with one attached hydrogen (secondary N) is 1. The lowest BCUT2D eigenvalue weighted by molar-refractivity contribution is -0.0297. The van der Waals surface area contributed by atoms with E-state index >= 15 is 0 Å². The van der Waals surface area contributed by atoms with E-state index in [-0.39, 0.29) is 0 Å². The molecule has 0 bridgehead atoms. The molecule has 2 unspecified atom stereocenters. The highest BCUT2D eigenvalue weighted by Crippen LogP contribution is 2.36. The van der Waals surface area contributed by atoms with E-state index in [1.165, 1.54) is 44.9 Å². The second kappa shape index (κ2) is 4.84. The van der Waals surface area contributed by atoms with Crippen LogP contribution < -0.4 is 5.32 Å². The van der Waals surface area contributed by atoms with Gasteiger partial charge in [0.1, 0.15) is 0 Å². The second-order valence-corrected chi connectivity index (χ2v) is 5.69. The molecular formula is C13H25NO. The highest BCUT2D eigenvalue weighted by atomic mass is 16.3. The van der Waals surface area contributed by atoms with Gasteiger partial charge in [0.15, 0.2) is 0 Å². The van der Waals surface area contributed by atoms with Crippen molar-refractivity contribution < 1.29 is 5.11 Å². The minimum atomic E-state index is -0.428. The predicted octanol–water partition coefficient (Wildman–Crippen LogP) is 2.46. The Labute approximate surface area is 93.5 Å². The topological polar surface area (TPSA) is 32.3 Å². The van der Waals surface area contributed by atoms with Gasteiger partial charge in [0.05, 0.1) is 5.60 Å². The van der Waals surface area contributed by atoms with Crippen LogP contribution in [0.15, 0.2) is 0 Å². The summed E-state index contributed by atoms with van der Waals surface area (Å²) >= 11 is 0. The van der Waals surface area contributed by atoms with Crippen molar-refractivity contribution in [3.05, 3.63) is 0 Å². The fourth-order valence-corrected chi connectivity index (χ4v) is 3.32. The van der Waals surface area contributed by atoms with Crippen molar-refractivity contribution in [3.63, 3.8) is 0 Å². The lowest BCUT2D eigenvalue weighted by Crippen LogP contribution is -2.41. The van der Waals surface area contributed by atoms with Crippen LogP contribution in [0.2, 0.25) is 0 Å². The van der Waals surface area contributed by atoms with E-state index in [0.717, 1.165) is 13.0 Å². The molecule has 1 saturated heterocycles. The third-order valence-electron chi connectivity index (χ3n) is 4.31. The van der Waals surface area contributed by atoms with Crippen LogP contribution in [-0.2, 0) is 0 Å². The molecule has 2 heteroatoms. The van der Waals surface area contributed by atoms with E-state index in [4.69, 9.17) is 0 Å². The summed E-state index contributed by atoms with van der Waals surface area (Å²) in [5, 5.41) is 14.1. The van der Waals surface area contributed by atoms with Crippen molar-refractivity contribution in [2.24, 2.45) is 5.92 Å². The van der Waals surface area contributed by atoms with E-state index in [2.05, 4.69) is 12.2 Å². The summed E-state index contributed by atoms with van der Waals surface area (Å²) in [6.07, 6.45) is 9.97. The van der Waals surface area contributed by atoms with Crippen molar-refractivity contribution in [1.82, 2.24) is 5.32 Å². The molecule has 0 aromatic heterocycles. The average molecular weight is 211 g/mol. The van der Waals surface area contributed by atoms with Crippen LogP contribution in [0.1, 0.15) is 58.3 Å². The van der Waals surface area contributed by atoms with Gasteiger partial charge in [-0.15, -0.1) is 0 Å². The lowest BCUT2D eigenvalue weighted by Gasteiger charge is -2.37. The van der Waals surface area contributed by atoms with Gasteiger partial charge in [-0.2, -0.15) is 0 Å². The van der Waals surface area contributed by atoms with Crippen LogP contribution in [0, 0.1) is 5.92 Å². The van der Waals surface area contributed by atoms with Crippen molar-refractivity contribution in [2.45, 2.75) is 69.9 Å². The molecule has 0 aromatic rings. The maximum Gasteiger partial charge on any atom is 0.0662 e.